The molecule has 0 aliphatic carbocycles. The average molecular weight is 370 g/mol. The fourth-order valence-electron chi connectivity index (χ4n) is 2.33. The summed E-state index contributed by atoms with van der Waals surface area (Å²) in [5.41, 5.74) is 1.68. The fraction of sp³-hybridized carbons (Fsp3) is 0.250. The van der Waals surface area contributed by atoms with Crippen molar-refractivity contribution in [1.82, 2.24) is 5.32 Å². The van der Waals surface area contributed by atoms with Gasteiger partial charge in [0.25, 0.3) is 0 Å². The number of urea groups is 1. The summed E-state index contributed by atoms with van der Waals surface area (Å²) in [5, 5.41) is 5.14. The number of rotatable bonds is 7. The average Bonchev–Trinajstić information content (AvgIpc) is 2.66. The van der Waals surface area contributed by atoms with Crippen LogP contribution in [-0.2, 0) is 16.1 Å². The van der Waals surface area contributed by atoms with Gasteiger partial charge in [0.15, 0.2) is 5.78 Å². The normalized spacial score (nSPS) is 11.2. The second kappa shape index (κ2) is 9.38. The van der Waals surface area contributed by atoms with E-state index in [-0.39, 0.29) is 12.4 Å². The van der Waals surface area contributed by atoms with Gasteiger partial charge in [-0.05, 0) is 44.2 Å². The van der Waals surface area contributed by atoms with Gasteiger partial charge in [0, 0.05) is 16.8 Å². The van der Waals surface area contributed by atoms with Crippen molar-refractivity contribution in [3.63, 3.8) is 0 Å². The summed E-state index contributed by atoms with van der Waals surface area (Å²) >= 11 is 0. The van der Waals surface area contributed by atoms with Crippen LogP contribution in [0, 0.1) is 0 Å². The maximum Gasteiger partial charge on any atom is 0.328 e. The molecule has 2 amide bonds. The number of carbonyl (C=O) groups excluding carboxylic acids is 3. The van der Waals surface area contributed by atoms with Crippen molar-refractivity contribution >= 4 is 23.5 Å². The highest BCUT2D eigenvalue weighted by Crippen LogP contribution is 2.21. The number of hydrogen-bond acceptors (Lipinski definition) is 5. The maximum absolute atomic E-state index is 12.2. The van der Waals surface area contributed by atoms with Gasteiger partial charge in [0.1, 0.15) is 18.4 Å². The van der Waals surface area contributed by atoms with Crippen LogP contribution in [0.5, 0.6) is 5.75 Å². The van der Waals surface area contributed by atoms with Gasteiger partial charge in [-0.15, -0.1) is 0 Å². The molecule has 7 heteroatoms. The molecule has 0 radical (unpaired) electrons. The van der Waals surface area contributed by atoms with E-state index in [1.165, 1.54) is 21.0 Å². The molecular weight excluding hydrogens is 348 g/mol. The number of hydrogen-bond donors (Lipinski definition) is 2. The second-order valence-electron chi connectivity index (χ2n) is 5.88. The molecule has 0 bridgehead atoms. The zero-order valence-corrected chi connectivity index (χ0v) is 15.4. The molecule has 0 aromatic heterocycles. The summed E-state index contributed by atoms with van der Waals surface area (Å²) in [5.74, 6) is -0.193. The molecule has 0 spiro atoms. The third-order valence-corrected chi connectivity index (χ3v) is 3.79. The summed E-state index contributed by atoms with van der Waals surface area (Å²) in [4.78, 5) is 35.6. The molecular formula is C20H22N2O5. The predicted octanol–water partition coefficient (Wildman–Crippen LogP) is 3.15. The number of carbonyl (C=O) groups is 3. The molecule has 7 nitrogen and oxygen atoms in total. The number of ketones is 1. The van der Waals surface area contributed by atoms with Crippen molar-refractivity contribution in [2.45, 2.75) is 26.5 Å². The largest absolute Gasteiger partial charge is 0.496 e. The Bertz CT molecular complexity index is 820. The van der Waals surface area contributed by atoms with Crippen LogP contribution in [0.25, 0.3) is 0 Å². The van der Waals surface area contributed by atoms with Crippen molar-refractivity contribution in [3.8, 4) is 5.75 Å². The lowest BCUT2D eigenvalue weighted by Crippen LogP contribution is -2.41. The number of methoxy groups -OCH3 is 1. The molecule has 0 saturated heterocycles. The predicted molar refractivity (Wildman–Crippen MR) is 101 cm³/mol. The molecule has 2 aromatic rings. The van der Waals surface area contributed by atoms with E-state index in [1.54, 1.807) is 42.5 Å². The zero-order valence-electron chi connectivity index (χ0n) is 15.4. The van der Waals surface area contributed by atoms with Crippen LogP contribution in [0.2, 0.25) is 0 Å². The monoisotopic (exact) mass is 370 g/mol. The first-order valence-electron chi connectivity index (χ1n) is 8.37. The van der Waals surface area contributed by atoms with Gasteiger partial charge >= 0.3 is 12.0 Å². The summed E-state index contributed by atoms with van der Waals surface area (Å²) in [6.07, 6.45) is 0. The first kappa shape index (κ1) is 20.0. The van der Waals surface area contributed by atoms with Crippen molar-refractivity contribution in [2.24, 2.45) is 0 Å². The highest BCUT2D eigenvalue weighted by atomic mass is 16.5. The van der Waals surface area contributed by atoms with Crippen molar-refractivity contribution in [3.05, 3.63) is 59.7 Å². The van der Waals surface area contributed by atoms with Crippen molar-refractivity contribution in [1.29, 1.82) is 0 Å². The minimum atomic E-state index is -0.851. The molecule has 2 N–H and O–H groups in total. The van der Waals surface area contributed by atoms with Crippen LogP contribution < -0.4 is 15.4 Å². The van der Waals surface area contributed by atoms with Crippen molar-refractivity contribution < 1.29 is 23.9 Å². The lowest BCUT2D eigenvalue weighted by Gasteiger charge is -2.15. The Labute approximate surface area is 157 Å². The summed E-state index contributed by atoms with van der Waals surface area (Å²) in [6, 6.07) is 12.4. The number of benzene rings is 2. The molecule has 2 aromatic carbocycles. The van der Waals surface area contributed by atoms with Crippen LogP contribution in [0.3, 0.4) is 0 Å². The number of nitrogens with one attached hydrogen (secondary N) is 2. The molecule has 2 rings (SSSR count). The maximum atomic E-state index is 12.2. The van der Waals surface area contributed by atoms with E-state index in [0.29, 0.717) is 22.6 Å². The van der Waals surface area contributed by atoms with Crippen LogP contribution in [-0.4, -0.2) is 30.9 Å². The number of Topliss-reactive ketones (excluding diaryl/α,β-unsaturated/α-hetero) is 1. The number of anilines is 1. The quantitative estimate of drug-likeness (QED) is 0.577. The van der Waals surface area contributed by atoms with Crippen molar-refractivity contribution in [2.75, 3.05) is 12.4 Å². The third kappa shape index (κ3) is 5.85. The first-order valence-corrected chi connectivity index (χ1v) is 8.37. The van der Waals surface area contributed by atoms with Gasteiger partial charge in [-0.1, -0.05) is 18.2 Å². The number of amides is 2. The summed E-state index contributed by atoms with van der Waals surface area (Å²) < 4.78 is 10.5. The van der Waals surface area contributed by atoms with Crippen LogP contribution >= 0.6 is 0 Å². The molecule has 0 fully saturated rings. The lowest BCUT2D eigenvalue weighted by atomic mass is 10.1. The van der Waals surface area contributed by atoms with E-state index in [2.05, 4.69) is 10.6 Å². The number of esters is 1. The Morgan fingerprint density at radius 1 is 1.07 bits per heavy atom. The topological polar surface area (TPSA) is 93.7 Å². The summed E-state index contributed by atoms with van der Waals surface area (Å²) in [6.45, 7) is 2.90. The molecule has 142 valence electrons. The Hall–Kier alpha value is -3.35. The second-order valence-corrected chi connectivity index (χ2v) is 5.88. The number of para-hydroxylation sites is 1. The minimum absolute atomic E-state index is 0.0740. The zero-order chi connectivity index (χ0) is 19.8. The number of ether oxygens (including phenoxy) is 2. The molecule has 0 aliphatic rings. The molecule has 0 unspecified atom stereocenters. The molecule has 27 heavy (non-hydrogen) atoms. The van der Waals surface area contributed by atoms with E-state index in [0.717, 1.165) is 0 Å². The van der Waals surface area contributed by atoms with Crippen LogP contribution in [0.1, 0.15) is 29.8 Å². The smallest absolute Gasteiger partial charge is 0.328 e. The van der Waals surface area contributed by atoms with E-state index in [9.17, 15) is 14.4 Å². The SMILES string of the molecule is COc1ccc(C(C)=O)cc1COC(=O)[C@H](C)NC(=O)Nc1ccccc1. The Morgan fingerprint density at radius 2 is 1.78 bits per heavy atom. The van der Waals surface area contributed by atoms with E-state index in [1.807, 2.05) is 6.07 Å². The van der Waals surface area contributed by atoms with Crippen LogP contribution in [0.4, 0.5) is 10.5 Å². The van der Waals surface area contributed by atoms with Gasteiger partial charge in [-0.2, -0.15) is 0 Å². The highest BCUT2D eigenvalue weighted by molar-refractivity contribution is 5.94. The standard InChI is InChI=1S/C20H22N2O5/c1-13(21-20(25)22-17-7-5-4-6-8-17)19(24)27-12-16-11-15(14(2)23)9-10-18(16)26-3/h4-11,13H,12H2,1-3H3,(H2,21,22,25)/t13-/m0/s1. The lowest BCUT2D eigenvalue weighted by molar-refractivity contribution is -0.146. The van der Waals surface area contributed by atoms with Crippen LogP contribution in [0.15, 0.2) is 48.5 Å². The molecule has 0 saturated carbocycles. The highest BCUT2D eigenvalue weighted by Gasteiger charge is 2.18. The van der Waals surface area contributed by atoms with Gasteiger partial charge in [-0.3, -0.25) is 4.79 Å². The van der Waals surface area contributed by atoms with Gasteiger partial charge in [0.05, 0.1) is 7.11 Å². The Kier molecular flexibility index (Phi) is 6.93. The Morgan fingerprint density at radius 3 is 2.41 bits per heavy atom. The van der Waals surface area contributed by atoms with Gasteiger partial charge < -0.3 is 20.1 Å². The Balaban J connectivity index is 1.92. The van der Waals surface area contributed by atoms with Gasteiger partial charge in [0.2, 0.25) is 0 Å². The molecule has 1 atom stereocenters. The summed E-state index contributed by atoms with van der Waals surface area (Å²) in [7, 11) is 1.49. The van der Waals surface area contributed by atoms with E-state index < -0.39 is 18.0 Å². The minimum Gasteiger partial charge on any atom is -0.496 e. The molecule has 0 aliphatic heterocycles. The third-order valence-electron chi connectivity index (χ3n) is 3.79. The van der Waals surface area contributed by atoms with E-state index in [4.69, 9.17) is 9.47 Å². The molecule has 0 heterocycles. The fourth-order valence-corrected chi connectivity index (χ4v) is 2.33. The van der Waals surface area contributed by atoms with Gasteiger partial charge in [-0.25, -0.2) is 9.59 Å². The van der Waals surface area contributed by atoms with E-state index >= 15 is 0 Å². The first-order chi connectivity index (χ1) is 12.9.